The minimum absolute atomic E-state index is 0.187. The Morgan fingerprint density at radius 3 is 2.27 bits per heavy atom. The van der Waals surface area contributed by atoms with Gasteiger partial charge in [-0.15, -0.1) is 21.5 Å². The lowest BCUT2D eigenvalue weighted by Crippen LogP contribution is -2.24. The van der Waals surface area contributed by atoms with Gasteiger partial charge in [0.05, 0.1) is 5.69 Å². The molecule has 1 fully saturated rings. The van der Waals surface area contributed by atoms with Crippen molar-refractivity contribution in [3.8, 4) is 22.9 Å². The average Bonchev–Trinajstić information content (AvgIpc) is 3.44. The molecule has 168 valence electrons. The van der Waals surface area contributed by atoms with Crippen LogP contribution < -0.4 is 5.32 Å². The molecule has 0 bridgehead atoms. The van der Waals surface area contributed by atoms with Gasteiger partial charge in [0.2, 0.25) is 11.8 Å². The van der Waals surface area contributed by atoms with Crippen LogP contribution in [0.3, 0.4) is 0 Å². The molecule has 1 aliphatic heterocycles. The molecule has 3 heterocycles. The number of anilines is 1. The van der Waals surface area contributed by atoms with Crippen molar-refractivity contribution >= 4 is 22.4 Å². The topological polar surface area (TPSA) is 84.2 Å². The predicted octanol–water partition coefficient (Wildman–Crippen LogP) is 5.49. The van der Waals surface area contributed by atoms with Crippen LogP contribution in [-0.2, 0) is 6.54 Å². The van der Waals surface area contributed by atoms with Crippen LogP contribution in [0.1, 0.15) is 41.7 Å². The number of nitrogens with one attached hydrogen (secondary N) is 1. The van der Waals surface area contributed by atoms with E-state index < -0.39 is 0 Å². The molecular weight excluding hydrogens is 434 g/mol. The number of carbonyl (C=O) groups excluding carboxylic acids is 1. The first-order valence-electron chi connectivity index (χ1n) is 11.2. The van der Waals surface area contributed by atoms with Crippen LogP contribution in [0.4, 0.5) is 5.13 Å². The zero-order valence-corrected chi connectivity index (χ0v) is 19.1. The van der Waals surface area contributed by atoms with E-state index in [2.05, 4.69) is 25.4 Å². The summed E-state index contributed by atoms with van der Waals surface area (Å²) in [5.74, 6) is 0.693. The van der Waals surface area contributed by atoms with Gasteiger partial charge in [-0.2, -0.15) is 0 Å². The van der Waals surface area contributed by atoms with Gasteiger partial charge in [-0.25, -0.2) is 4.98 Å². The summed E-state index contributed by atoms with van der Waals surface area (Å²) in [6, 6.07) is 16.7. The van der Waals surface area contributed by atoms with E-state index in [1.807, 2.05) is 47.8 Å². The van der Waals surface area contributed by atoms with E-state index in [-0.39, 0.29) is 5.91 Å². The van der Waals surface area contributed by atoms with E-state index in [4.69, 9.17) is 4.42 Å². The first kappa shape index (κ1) is 21.5. The third-order valence-corrected chi connectivity index (χ3v) is 6.50. The minimum atomic E-state index is -0.187. The second kappa shape index (κ2) is 10.1. The summed E-state index contributed by atoms with van der Waals surface area (Å²) in [5, 5.41) is 13.8. The van der Waals surface area contributed by atoms with Crippen molar-refractivity contribution in [2.75, 3.05) is 18.4 Å². The molecule has 33 heavy (non-hydrogen) atoms. The van der Waals surface area contributed by atoms with E-state index in [9.17, 15) is 4.79 Å². The third-order valence-electron chi connectivity index (χ3n) is 5.70. The molecule has 0 spiro atoms. The molecule has 2 aromatic carbocycles. The smallest absolute Gasteiger partial charge is 0.257 e. The number of thiazole rings is 1. The van der Waals surface area contributed by atoms with Crippen LogP contribution in [0.25, 0.3) is 22.9 Å². The summed E-state index contributed by atoms with van der Waals surface area (Å²) in [7, 11) is 0. The largest absolute Gasteiger partial charge is 0.416 e. The van der Waals surface area contributed by atoms with Crippen molar-refractivity contribution < 1.29 is 9.21 Å². The van der Waals surface area contributed by atoms with Crippen LogP contribution >= 0.6 is 11.3 Å². The normalized spacial score (nSPS) is 14.7. The van der Waals surface area contributed by atoms with Crippen molar-refractivity contribution in [2.24, 2.45) is 0 Å². The van der Waals surface area contributed by atoms with Crippen LogP contribution in [0.5, 0.6) is 0 Å². The Bertz CT molecular complexity index is 1200. The number of nitrogens with zero attached hydrogens (tertiary/aromatic N) is 4. The number of carbonyl (C=O) groups is 1. The van der Waals surface area contributed by atoms with Crippen molar-refractivity contribution in [1.29, 1.82) is 0 Å². The highest BCUT2D eigenvalue weighted by Crippen LogP contribution is 2.24. The SMILES string of the molecule is O=C(Nc1nc(CN2CCCCCC2)cs1)c1ccc(-c2nnc(-c3ccccc3)o2)cc1. The molecule has 0 atom stereocenters. The number of rotatable bonds is 6. The van der Waals surface area contributed by atoms with Gasteiger partial charge < -0.3 is 4.42 Å². The zero-order chi connectivity index (χ0) is 22.5. The molecule has 8 heteroatoms. The van der Waals surface area contributed by atoms with E-state index in [0.717, 1.165) is 36.5 Å². The standard InChI is InChI=1S/C25H25N5O2S/c31-22(27-25-26-21(17-33-25)16-30-14-6-1-2-7-15-30)18-10-12-20(13-11-18)24-29-28-23(32-24)19-8-4-3-5-9-19/h3-5,8-13,17H,1-2,6-7,14-16H2,(H,26,27,31). The monoisotopic (exact) mass is 459 g/mol. The molecule has 0 saturated carbocycles. The number of amides is 1. The third kappa shape index (κ3) is 5.35. The molecule has 5 rings (SSSR count). The number of benzene rings is 2. The second-order valence-corrected chi connectivity index (χ2v) is 9.00. The number of likely N-dealkylation sites (tertiary alicyclic amines) is 1. The Hall–Kier alpha value is -3.36. The molecule has 0 unspecified atom stereocenters. The van der Waals surface area contributed by atoms with E-state index in [1.165, 1.54) is 37.0 Å². The lowest BCUT2D eigenvalue weighted by molar-refractivity contribution is 0.102. The van der Waals surface area contributed by atoms with Gasteiger partial charge in [-0.1, -0.05) is 31.0 Å². The molecule has 7 nitrogen and oxygen atoms in total. The van der Waals surface area contributed by atoms with Crippen molar-refractivity contribution in [3.05, 3.63) is 71.2 Å². The van der Waals surface area contributed by atoms with Crippen LogP contribution in [-0.4, -0.2) is 39.1 Å². The summed E-state index contributed by atoms with van der Waals surface area (Å²) in [4.78, 5) is 19.7. The van der Waals surface area contributed by atoms with E-state index >= 15 is 0 Å². The summed E-state index contributed by atoms with van der Waals surface area (Å²) in [6.07, 6.45) is 5.13. The molecule has 1 aliphatic rings. The maximum absolute atomic E-state index is 12.7. The fourth-order valence-electron chi connectivity index (χ4n) is 3.93. The van der Waals surface area contributed by atoms with Crippen LogP contribution in [0, 0.1) is 0 Å². The lowest BCUT2D eigenvalue weighted by Gasteiger charge is -2.17. The summed E-state index contributed by atoms with van der Waals surface area (Å²) < 4.78 is 5.79. The molecule has 0 radical (unpaired) electrons. The Kier molecular flexibility index (Phi) is 6.55. The molecule has 1 N–H and O–H groups in total. The summed E-state index contributed by atoms with van der Waals surface area (Å²) in [5.41, 5.74) is 3.19. The molecule has 1 saturated heterocycles. The van der Waals surface area contributed by atoms with Crippen molar-refractivity contribution in [2.45, 2.75) is 32.2 Å². The van der Waals surface area contributed by atoms with Crippen molar-refractivity contribution in [3.63, 3.8) is 0 Å². The van der Waals surface area contributed by atoms with E-state index in [0.29, 0.717) is 22.5 Å². The Labute approximate surface area is 196 Å². The molecule has 1 amide bonds. The van der Waals surface area contributed by atoms with E-state index in [1.54, 1.807) is 12.1 Å². The fraction of sp³-hybridized carbons (Fsp3) is 0.280. The van der Waals surface area contributed by atoms with Crippen molar-refractivity contribution in [1.82, 2.24) is 20.1 Å². The van der Waals surface area contributed by atoms with Gasteiger partial charge in [-0.05, 0) is 62.3 Å². The fourth-order valence-corrected chi connectivity index (χ4v) is 4.63. The molecule has 4 aromatic rings. The highest BCUT2D eigenvalue weighted by molar-refractivity contribution is 7.14. The second-order valence-electron chi connectivity index (χ2n) is 8.14. The maximum atomic E-state index is 12.7. The van der Waals surface area contributed by atoms with Gasteiger partial charge >= 0.3 is 0 Å². The maximum Gasteiger partial charge on any atom is 0.257 e. The van der Waals surface area contributed by atoms with Gasteiger partial charge in [0.25, 0.3) is 5.91 Å². The molecule has 0 aliphatic carbocycles. The highest BCUT2D eigenvalue weighted by Gasteiger charge is 2.15. The van der Waals surface area contributed by atoms with Crippen LogP contribution in [0.2, 0.25) is 0 Å². The zero-order valence-electron chi connectivity index (χ0n) is 18.2. The summed E-state index contributed by atoms with van der Waals surface area (Å²) >= 11 is 1.46. The number of hydrogen-bond acceptors (Lipinski definition) is 7. The Balaban J connectivity index is 1.21. The van der Waals surface area contributed by atoms with Gasteiger partial charge in [0.1, 0.15) is 0 Å². The number of hydrogen-bond donors (Lipinski definition) is 1. The van der Waals surface area contributed by atoms with Crippen LogP contribution in [0.15, 0.2) is 64.4 Å². The molecular formula is C25H25N5O2S. The van der Waals surface area contributed by atoms with Gasteiger partial charge in [-0.3, -0.25) is 15.0 Å². The van der Waals surface area contributed by atoms with Gasteiger partial charge in [0.15, 0.2) is 5.13 Å². The minimum Gasteiger partial charge on any atom is -0.416 e. The predicted molar refractivity (Wildman–Crippen MR) is 129 cm³/mol. The first-order valence-corrected chi connectivity index (χ1v) is 12.1. The Morgan fingerprint density at radius 1 is 0.909 bits per heavy atom. The average molecular weight is 460 g/mol. The quantitative estimate of drug-likeness (QED) is 0.411. The first-order chi connectivity index (χ1) is 16.2. The highest BCUT2D eigenvalue weighted by atomic mass is 32.1. The summed E-state index contributed by atoms with van der Waals surface area (Å²) in [6.45, 7) is 3.09. The van der Waals surface area contributed by atoms with Gasteiger partial charge in [0, 0.05) is 28.6 Å². The number of aromatic nitrogens is 3. The molecule has 2 aromatic heterocycles. The Morgan fingerprint density at radius 2 is 1.58 bits per heavy atom. The lowest BCUT2D eigenvalue weighted by atomic mass is 10.1.